The molecule has 1 aromatic rings. The molecule has 0 aliphatic rings. The van der Waals surface area contributed by atoms with Crippen LogP contribution in [0.1, 0.15) is 31.9 Å². The van der Waals surface area contributed by atoms with E-state index in [1.54, 1.807) is 13.8 Å². The first-order valence-electron chi connectivity index (χ1n) is 5.80. The van der Waals surface area contributed by atoms with E-state index in [9.17, 15) is 23.4 Å². The second-order valence-corrected chi connectivity index (χ2v) is 5.41. The first kappa shape index (κ1) is 16.3. The lowest BCUT2D eigenvalue weighted by Crippen LogP contribution is -2.51. The highest BCUT2D eigenvalue weighted by Gasteiger charge is 2.58. The quantitative estimate of drug-likeness (QED) is 0.889. The number of rotatable bonds is 4. The van der Waals surface area contributed by atoms with Gasteiger partial charge in [0.25, 0.3) is 0 Å². The van der Waals surface area contributed by atoms with Crippen LogP contribution in [0, 0.1) is 5.92 Å². The predicted octanol–water partition coefficient (Wildman–Crippen LogP) is 3.71. The maximum absolute atomic E-state index is 13.0. The molecule has 0 amide bonds. The van der Waals surface area contributed by atoms with E-state index in [0.717, 1.165) is 0 Å². The summed E-state index contributed by atoms with van der Waals surface area (Å²) in [5, 5.41) is 20.1. The smallest absolute Gasteiger partial charge is 0.385 e. The minimum absolute atomic E-state index is 0.0233. The largest absolute Gasteiger partial charge is 0.420 e. The summed E-state index contributed by atoms with van der Waals surface area (Å²) in [4.78, 5) is 0. The number of halogens is 4. The lowest BCUT2D eigenvalue weighted by molar-refractivity contribution is -0.297. The molecule has 0 fully saturated rings. The second-order valence-electron chi connectivity index (χ2n) is 4.97. The van der Waals surface area contributed by atoms with Gasteiger partial charge in [0.1, 0.15) is 6.10 Å². The van der Waals surface area contributed by atoms with Crippen LogP contribution in [0.5, 0.6) is 0 Å². The lowest BCUT2D eigenvalue weighted by Gasteiger charge is -2.36. The average molecular weight is 297 g/mol. The van der Waals surface area contributed by atoms with Crippen molar-refractivity contribution in [1.82, 2.24) is 0 Å². The number of hydrogen-bond donors (Lipinski definition) is 2. The highest BCUT2D eigenvalue weighted by molar-refractivity contribution is 6.30. The van der Waals surface area contributed by atoms with Gasteiger partial charge in [-0.05, 0) is 30.0 Å². The molecule has 0 radical (unpaired) electrons. The zero-order valence-corrected chi connectivity index (χ0v) is 11.3. The summed E-state index contributed by atoms with van der Waals surface area (Å²) in [6.07, 6.45) is -7.55. The molecule has 1 rings (SSSR count). The van der Waals surface area contributed by atoms with Crippen LogP contribution in [-0.2, 0) is 0 Å². The summed E-state index contributed by atoms with van der Waals surface area (Å²) in [6, 6.07) is 5.27. The average Bonchev–Trinajstić information content (AvgIpc) is 2.26. The molecule has 0 saturated heterocycles. The number of alkyl halides is 3. The highest BCUT2D eigenvalue weighted by Crippen LogP contribution is 2.44. The number of benzene rings is 1. The van der Waals surface area contributed by atoms with Gasteiger partial charge in [-0.2, -0.15) is 13.2 Å². The summed E-state index contributed by atoms with van der Waals surface area (Å²) >= 11 is 5.64. The van der Waals surface area contributed by atoms with Crippen molar-refractivity contribution >= 4 is 11.6 Å². The zero-order chi connectivity index (χ0) is 14.8. The zero-order valence-electron chi connectivity index (χ0n) is 10.6. The van der Waals surface area contributed by atoms with Crippen molar-refractivity contribution in [2.24, 2.45) is 5.92 Å². The third-order valence-electron chi connectivity index (χ3n) is 2.85. The third kappa shape index (κ3) is 3.61. The minimum Gasteiger partial charge on any atom is -0.385 e. The van der Waals surface area contributed by atoms with Crippen LogP contribution in [0.4, 0.5) is 13.2 Å². The lowest BCUT2D eigenvalue weighted by atomic mass is 9.83. The van der Waals surface area contributed by atoms with Gasteiger partial charge in [0.15, 0.2) is 5.60 Å². The normalized spacial score (nSPS) is 17.3. The van der Waals surface area contributed by atoms with E-state index < -0.39 is 30.2 Å². The van der Waals surface area contributed by atoms with Gasteiger partial charge < -0.3 is 10.2 Å². The molecular weight excluding hydrogens is 281 g/mol. The highest BCUT2D eigenvalue weighted by atomic mass is 35.5. The van der Waals surface area contributed by atoms with Crippen molar-refractivity contribution in [2.75, 3.05) is 0 Å². The van der Waals surface area contributed by atoms with Gasteiger partial charge in [-0.25, -0.2) is 0 Å². The standard InChI is InChI=1S/C13H16ClF3O2/c1-8(2)7-12(19,13(15,16)17)11(18)9-3-5-10(14)6-4-9/h3-6,8,11,18-19H,7H2,1-2H3. The van der Waals surface area contributed by atoms with Gasteiger partial charge in [0.05, 0.1) is 0 Å². The van der Waals surface area contributed by atoms with Crippen molar-refractivity contribution in [3.63, 3.8) is 0 Å². The molecular formula is C13H16ClF3O2. The van der Waals surface area contributed by atoms with Gasteiger partial charge in [-0.15, -0.1) is 0 Å². The van der Waals surface area contributed by atoms with Crippen LogP contribution in [0.25, 0.3) is 0 Å². The predicted molar refractivity (Wildman–Crippen MR) is 66.9 cm³/mol. The molecule has 2 atom stereocenters. The number of hydrogen-bond acceptors (Lipinski definition) is 2. The van der Waals surface area contributed by atoms with E-state index in [1.807, 2.05) is 0 Å². The SMILES string of the molecule is CC(C)CC(O)(C(O)c1ccc(Cl)cc1)C(F)(F)F. The van der Waals surface area contributed by atoms with E-state index in [0.29, 0.717) is 5.02 Å². The van der Waals surface area contributed by atoms with E-state index in [4.69, 9.17) is 11.6 Å². The fraction of sp³-hybridized carbons (Fsp3) is 0.538. The maximum Gasteiger partial charge on any atom is 0.420 e. The van der Waals surface area contributed by atoms with Crippen LogP contribution >= 0.6 is 11.6 Å². The fourth-order valence-corrected chi connectivity index (χ4v) is 2.05. The van der Waals surface area contributed by atoms with Gasteiger partial charge in [-0.3, -0.25) is 0 Å². The molecule has 108 valence electrons. The molecule has 0 heterocycles. The van der Waals surface area contributed by atoms with Crippen LogP contribution in [0.3, 0.4) is 0 Å². The Hall–Kier alpha value is -0.780. The van der Waals surface area contributed by atoms with Crippen LogP contribution in [0.2, 0.25) is 5.02 Å². The molecule has 2 N–H and O–H groups in total. The Bertz CT molecular complexity index is 417. The molecule has 1 aromatic carbocycles. The summed E-state index contributed by atoms with van der Waals surface area (Å²) in [5.74, 6) is -0.423. The van der Waals surface area contributed by atoms with Crippen molar-refractivity contribution in [1.29, 1.82) is 0 Å². The van der Waals surface area contributed by atoms with Gasteiger partial charge in [0, 0.05) is 5.02 Å². The Morgan fingerprint density at radius 1 is 1.16 bits per heavy atom. The number of aliphatic hydroxyl groups excluding tert-OH is 1. The molecule has 6 heteroatoms. The summed E-state index contributed by atoms with van der Waals surface area (Å²) in [7, 11) is 0. The van der Waals surface area contributed by atoms with Gasteiger partial charge >= 0.3 is 6.18 Å². The summed E-state index contributed by atoms with van der Waals surface area (Å²) in [6.45, 7) is 3.09. The van der Waals surface area contributed by atoms with Crippen LogP contribution in [0.15, 0.2) is 24.3 Å². The van der Waals surface area contributed by atoms with E-state index in [2.05, 4.69) is 0 Å². The van der Waals surface area contributed by atoms with Crippen molar-refractivity contribution in [3.8, 4) is 0 Å². The van der Waals surface area contributed by atoms with Crippen molar-refractivity contribution in [2.45, 2.75) is 38.1 Å². The molecule has 0 bridgehead atoms. The molecule has 0 aromatic heterocycles. The van der Waals surface area contributed by atoms with Crippen molar-refractivity contribution in [3.05, 3.63) is 34.9 Å². The molecule has 0 spiro atoms. The Kier molecular flexibility index (Phi) is 4.87. The summed E-state index contributed by atoms with van der Waals surface area (Å²) < 4.78 is 39.1. The molecule has 2 unspecified atom stereocenters. The van der Waals surface area contributed by atoms with Gasteiger partial charge in [0.2, 0.25) is 0 Å². The summed E-state index contributed by atoms with van der Waals surface area (Å²) in [5.41, 5.74) is -3.19. The Balaban J connectivity index is 3.14. The first-order chi connectivity index (χ1) is 8.58. The van der Waals surface area contributed by atoms with E-state index in [1.165, 1.54) is 24.3 Å². The maximum atomic E-state index is 13.0. The topological polar surface area (TPSA) is 40.5 Å². The monoisotopic (exact) mass is 296 g/mol. The van der Waals surface area contributed by atoms with E-state index in [-0.39, 0.29) is 5.56 Å². The van der Waals surface area contributed by atoms with Crippen LogP contribution < -0.4 is 0 Å². The van der Waals surface area contributed by atoms with Crippen LogP contribution in [-0.4, -0.2) is 22.0 Å². The minimum atomic E-state index is -4.92. The van der Waals surface area contributed by atoms with E-state index >= 15 is 0 Å². The number of aliphatic hydroxyl groups is 2. The molecule has 19 heavy (non-hydrogen) atoms. The van der Waals surface area contributed by atoms with Crippen molar-refractivity contribution < 1.29 is 23.4 Å². The Morgan fingerprint density at radius 3 is 2.00 bits per heavy atom. The molecule has 0 aliphatic carbocycles. The Morgan fingerprint density at radius 2 is 1.63 bits per heavy atom. The first-order valence-corrected chi connectivity index (χ1v) is 6.18. The third-order valence-corrected chi connectivity index (χ3v) is 3.10. The fourth-order valence-electron chi connectivity index (χ4n) is 1.93. The second kappa shape index (κ2) is 5.69. The molecule has 2 nitrogen and oxygen atoms in total. The Labute approximate surface area is 114 Å². The molecule has 0 aliphatic heterocycles. The molecule has 0 saturated carbocycles. The van der Waals surface area contributed by atoms with Gasteiger partial charge in [-0.1, -0.05) is 37.6 Å².